The molecule has 122 valence electrons. The lowest BCUT2D eigenvalue weighted by Crippen LogP contribution is -2.29. The van der Waals surface area contributed by atoms with Gasteiger partial charge in [0.15, 0.2) is 6.10 Å². The topological polar surface area (TPSA) is 35.5 Å². The minimum Gasteiger partial charge on any atom is -0.479 e. The quantitative estimate of drug-likeness (QED) is 0.721. The third kappa shape index (κ3) is 4.85. The van der Waals surface area contributed by atoms with Gasteiger partial charge in [-0.05, 0) is 50.5 Å². The molecule has 2 aromatic carbocycles. The van der Waals surface area contributed by atoms with E-state index in [1.807, 2.05) is 38.1 Å². The van der Waals surface area contributed by atoms with Gasteiger partial charge in [0, 0.05) is 0 Å². The van der Waals surface area contributed by atoms with E-state index in [1.54, 1.807) is 6.92 Å². The smallest absolute Gasteiger partial charge is 0.347 e. The third-order valence-electron chi connectivity index (χ3n) is 3.78. The van der Waals surface area contributed by atoms with Gasteiger partial charge in [-0.1, -0.05) is 48.9 Å². The SMILES string of the molecule is CC[C@H](C)OC(=O)[C@H](C)Oc1ccc(-c2ccc(C)cc2)cc1. The summed E-state index contributed by atoms with van der Waals surface area (Å²) >= 11 is 0. The molecule has 0 unspecified atom stereocenters. The van der Waals surface area contributed by atoms with Crippen molar-refractivity contribution in [3.8, 4) is 16.9 Å². The van der Waals surface area contributed by atoms with Gasteiger partial charge >= 0.3 is 5.97 Å². The van der Waals surface area contributed by atoms with Gasteiger partial charge in [0.1, 0.15) is 5.75 Å². The van der Waals surface area contributed by atoms with E-state index < -0.39 is 6.10 Å². The number of hydrogen-bond donors (Lipinski definition) is 0. The molecule has 0 radical (unpaired) electrons. The molecule has 0 saturated carbocycles. The predicted molar refractivity (Wildman–Crippen MR) is 92.6 cm³/mol. The molecule has 0 aromatic heterocycles. The van der Waals surface area contributed by atoms with Crippen LogP contribution in [0.1, 0.15) is 32.8 Å². The van der Waals surface area contributed by atoms with Crippen molar-refractivity contribution in [1.29, 1.82) is 0 Å². The highest BCUT2D eigenvalue weighted by Gasteiger charge is 2.18. The molecule has 0 heterocycles. The van der Waals surface area contributed by atoms with Gasteiger partial charge in [0.05, 0.1) is 6.10 Å². The summed E-state index contributed by atoms with van der Waals surface area (Å²) < 4.78 is 10.9. The number of aryl methyl sites for hydroxylation is 1. The number of rotatable bonds is 6. The Morgan fingerprint density at radius 1 is 0.957 bits per heavy atom. The Morgan fingerprint density at radius 2 is 1.48 bits per heavy atom. The molecule has 0 saturated heterocycles. The molecule has 0 amide bonds. The van der Waals surface area contributed by atoms with E-state index >= 15 is 0 Å². The van der Waals surface area contributed by atoms with Crippen LogP contribution >= 0.6 is 0 Å². The Bertz CT molecular complexity index is 629. The van der Waals surface area contributed by atoms with Crippen LogP contribution in [-0.4, -0.2) is 18.2 Å². The van der Waals surface area contributed by atoms with Crippen LogP contribution in [0.25, 0.3) is 11.1 Å². The standard InChI is InChI=1S/C20H24O3/c1-5-15(3)22-20(21)16(4)23-19-12-10-18(11-13-19)17-8-6-14(2)7-9-17/h6-13,15-16H,5H2,1-4H3/t15-,16-/m0/s1. The molecule has 0 spiro atoms. The van der Waals surface area contributed by atoms with Crippen molar-refractivity contribution in [2.75, 3.05) is 0 Å². The predicted octanol–water partition coefficient (Wildman–Crippen LogP) is 4.77. The van der Waals surface area contributed by atoms with Crippen LogP contribution in [0, 0.1) is 6.92 Å². The number of esters is 1. The third-order valence-corrected chi connectivity index (χ3v) is 3.78. The first-order valence-corrected chi connectivity index (χ1v) is 8.04. The van der Waals surface area contributed by atoms with Crippen LogP contribution in [-0.2, 0) is 9.53 Å². The lowest BCUT2D eigenvalue weighted by atomic mass is 10.0. The fourth-order valence-electron chi connectivity index (χ4n) is 2.10. The Hall–Kier alpha value is -2.29. The van der Waals surface area contributed by atoms with Crippen molar-refractivity contribution in [3.05, 3.63) is 54.1 Å². The van der Waals surface area contributed by atoms with Crippen LogP contribution < -0.4 is 4.74 Å². The fraction of sp³-hybridized carbons (Fsp3) is 0.350. The largest absolute Gasteiger partial charge is 0.479 e. The molecule has 3 heteroatoms. The van der Waals surface area contributed by atoms with Gasteiger partial charge in [-0.25, -0.2) is 4.79 Å². The Kier molecular flexibility index (Phi) is 5.80. The van der Waals surface area contributed by atoms with Crippen molar-refractivity contribution >= 4 is 5.97 Å². The number of hydrogen-bond acceptors (Lipinski definition) is 3. The molecule has 0 aliphatic heterocycles. The first kappa shape index (κ1) is 17.1. The summed E-state index contributed by atoms with van der Waals surface area (Å²) in [7, 11) is 0. The van der Waals surface area contributed by atoms with Crippen molar-refractivity contribution in [2.24, 2.45) is 0 Å². The normalized spacial score (nSPS) is 13.2. The average Bonchev–Trinajstić information content (AvgIpc) is 2.56. The number of carbonyl (C=O) groups excluding carboxylic acids is 1. The van der Waals surface area contributed by atoms with Gasteiger partial charge in [0.2, 0.25) is 0 Å². The molecule has 2 rings (SSSR count). The fourth-order valence-corrected chi connectivity index (χ4v) is 2.10. The zero-order valence-electron chi connectivity index (χ0n) is 14.2. The average molecular weight is 312 g/mol. The zero-order valence-corrected chi connectivity index (χ0v) is 14.2. The second kappa shape index (κ2) is 7.82. The lowest BCUT2D eigenvalue weighted by Gasteiger charge is -2.17. The molecule has 0 bridgehead atoms. The van der Waals surface area contributed by atoms with Crippen molar-refractivity contribution in [3.63, 3.8) is 0 Å². The summed E-state index contributed by atoms with van der Waals surface area (Å²) in [5.41, 5.74) is 3.51. The van der Waals surface area contributed by atoms with Crippen LogP contribution in [0.3, 0.4) is 0 Å². The maximum Gasteiger partial charge on any atom is 0.347 e. The van der Waals surface area contributed by atoms with E-state index in [1.165, 1.54) is 5.56 Å². The lowest BCUT2D eigenvalue weighted by molar-refractivity contribution is -0.155. The minimum absolute atomic E-state index is 0.0857. The van der Waals surface area contributed by atoms with E-state index in [9.17, 15) is 4.79 Å². The highest BCUT2D eigenvalue weighted by molar-refractivity contribution is 5.75. The molecular weight excluding hydrogens is 288 g/mol. The number of ether oxygens (including phenoxy) is 2. The highest BCUT2D eigenvalue weighted by Crippen LogP contribution is 2.23. The zero-order chi connectivity index (χ0) is 16.8. The second-order valence-electron chi connectivity index (χ2n) is 5.81. The highest BCUT2D eigenvalue weighted by atomic mass is 16.6. The molecule has 0 aliphatic carbocycles. The molecule has 23 heavy (non-hydrogen) atoms. The Labute approximate surface area is 138 Å². The van der Waals surface area contributed by atoms with Gasteiger partial charge in [0.25, 0.3) is 0 Å². The van der Waals surface area contributed by atoms with Crippen molar-refractivity contribution in [2.45, 2.75) is 46.3 Å². The monoisotopic (exact) mass is 312 g/mol. The molecule has 2 aromatic rings. The van der Waals surface area contributed by atoms with Crippen LogP contribution in [0.2, 0.25) is 0 Å². The summed E-state index contributed by atoms with van der Waals surface area (Å²) in [6.45, 7) is 7.63. The molecule has 0 N–H and O–H groups in total. The van der Waals surface area contributed by atoms with E-state index in [2.05, 4.69) is 31.2 Å². The molecule has 2 atom stereocenters. The summed E-state index contributed by atoms with van der Waals surface area (Å²) in [5, 5.41) is 0. The van der Waals surface area contributed by atoms with Gasteiger partial charge < -0.3 is 9.47 Å². The Balaban J connectivity index is 1.99. The molecule has 0 aliphatic rings. The van der Waals surface area contributed by atoms with E-state index in [-0.39, 0.29) is 12.1 Å². The van der Waals surface area contributed by atoms with Gasteiger partial charge in [-0.3, -0.25) is 0 Å². The summed E-state index contributed by atoms with van der Waals surface area (Å²) in [4.78, 5) is 11.9. The van der Waals surface area contributed by atoms with Gasteiger partial charge in [-0.15, -0.1) is 0 Å². The molecule has 3 nitrogen and oxygen atoms in total. The summed E-state index contributed by atoms with van der Waals surface area (Å²) in [5.74, 6) is 0.330. The Morgan fingerprint density at radius 3 is 2.00 bits per heavy atom. The summed E-state index contributed by atoms with van der Waals surface area (Å²) in [6, 6.07) is 16.1. The number of benzene rings is 2. The van der Waals surface area contributed by atoms with Crippen LogP contribution in [0.15, 0.2) is 48.5 Å². The first-order chi connectivity index (χ1) is 11.0. The first-order valence-electron chi connectivity index (χ1n) is 8.04. The molecular formula is C20H24O3. The molecule has 0 fully saturated rings. The van der Waals surface area contributed by atoms with Crippen LogP contribution in [0.4, 0.5) is 0 Å². The van der Waals surface area contributed by atoms with E-state index in [4.69, 9.17) is 9.47 Å². The van der Waals surface area contributed by atoms with Crippen molar-refractivity contribution < 1.29 is 14.3 Å². The summed E-state index contributed by atoms with van der Waals surface area (Å²) in [6.07, 6.45) is 0.0932. The maximum atomic E-state index is 11.9. The minimum atomic E-state index is -0.616. The number of carbonyl (C=O) groups is 1. The second-order valence-corrected chi connectivity index (χ2v) is 5.81. The maximum absolute atomic E-state index is 11.9. The van der Waals surface area contributed by atoms with E-state index in [0.717, 1.165) is 17.5 Å². The van der Waals surface area contributed by atoms with Crippen molar-refractivity contribution in [1.82, 2.24) is 0 Å². The van der Waals surface area contributed by atoms with Gasteiger partial charge in [-0.2, -0.15) is 0 Å². The van der Waals surface area contributed by atoms with E-state index in [0.29, 0.717) is 5.75 Å². The van der Waals surface area contributed by atoms with Crippen LogP contribution in [0.5, 0.6) is 5.75 Å².